The number of carbonyl (C=O) groups is 3. The lowest BCUT2D eigenvalue weighted by atomic mass is 10.0. The first kappa shape index (κ1) is 32.7. The molecule has 1 aliphatic rings. The van der Waals surface area contributed by atoms with E-state index in [1.807, 2.05) is 38.1 Å². The largest absolute Gasteiger partial charge is 0.493 e. The van der Waals surface area contributed by atoms with Gasteiger partial charge in [0, 0.05) is 10.7 Å². The van der Waals surface area contributed by atoms with E-state index in [0.717, 1.165) is 34.2 Å². The summed E-state index contributed by atoms with van der Waals surface area (Å²) in [6.07, 6.45) is 1.64. The van der Waals surface area contributed by atoms with Crippen molar-refractivity contribution in [1.29, 1.82) is 0 Å². The Labute approximate surface area is 274 Å². The zero-order valence-corrected chi connectivity index (χ0v) is 28.2. The standard InChI is InChI=1S/C32H32ClIN2O6S/c1-18(2)23-9-6-19(3)12-26(23)41-11-10-36-31(38)28(43-32(36)39)15-21-13-25(34)30(27(14-21)40-5)42-17-29(37)35-22-8-7-20(4)24(33)16-22/h6-9,12-16,18H,10-11,17H2,1-5H3,(H,35,37)/b28-15-. The van der Waals surface area contributed by atoms with Crippen molar-refractivity contribution in [3.8, 4) is 17.2 Å². The molecule has 1 N–H and O–H groups in total. The maximum atomic E-state index is 13.1. The Morgan fingerprint density at radius 3 is 2.53 bits per heavy atom. The summed E-state index contributed by atoms with van der Waals surface area (Å²) >= 11 is 9.10. The predicted molar refractivity (Wildman–Crippen MR) is 179 cm³/mol. The van der Waals surface area contributed by atoms with Crippen molar-refractivity contribution in [2.45, 2.75) is 33.6 Å². The Morgan fingerprint density at radius 1 is 1.07 bits per heavy atom. The molecule has 3 aromatic rings. The van der Waals surface area contributed by atoms with Crippen LogP contribution >= 0.6 is 46.0 Å². The molecule has 0 unspecified atom stereocenters. The molecule has 0 bridgehead atoms. The number of benzene rings is 3. The van der Waals surface area contributed by atoms with Crippen LogP contribution in [-0.4, -0.2) is 48.8 Å². The van der Waals surface area contributed by atoms with E-state index in [4.69, 9.17) is 25.8 Å². The van der Waals surface area contributed by atoms with E-state index in [2.05, 4.69) is 41.8 Å². The van der Waals surface area contributed by atoms with Gasteiger partial charge in [0.05, 0.1) is 22.1 Å². The van der Waals surface area contributed by atoms with Gasteiger partial charge in [-0.25, -0.2) is 0 Å². The number of nitrogens with one attached hydrogen (secondary N) is 1. The van der Waals surface area contributed by atoms with Crippen LogP contribution in [0.2, 0.25) is 5.02 Å². The number of hydrogen-bond donors (Lipinski definition) is 1. The summed E-state index contributed by atoms with van der Waals surface area (Å²) in [7, 11) is 1.49. The highest BCUT2D eigenvalue weighted by Crippen LogP contribution is 2.37. The molecular weight excluding hydrogens is 703 g/mol. The summed E-state index contributed by atoms with van der Waals surface area (Å²) in [4.78, 5) is 39.8. The number of halogens is 2. The van der Waals surface area contributed by atoms with Crippen molar-refractivity contribution in [3.63, 3.8) is 0 Å². The first-order valence-corrected chi connectivity index (χ1v) is 15.8. The minimum atomic E-state index is -0.380. The molecule has 0 spiro atoms. The van der Waals surface area contributed by atoms with Crippen LogP contribution in [0, 0.1) is 17.4 Å². The summed E-state index contributed by atoms with van der Waals surface area (Å²) in [5.74, 6) is 1.08. The topological polar surface area (TPSA) is 94.2 Å². The van der Waals surface area contributed by atoms with Crippen molar-refractivity contribution < 1.29 is 28.6 Å². The Kier molecular flexibility index (Phi) is 11.0. The van der Waals surface area contributed by atoms with Gasteiger partial charge < -0.3 is 19.5 Å². The van der Waals surface area contributed by atoms with Gasteiger partial charge in [-0.05, 0) is 113 Å². The van der Waals surface area contributed by atoms with Gasteiger partial charge in [-0.2, -0.15) is 0 Å². The van der Waals surface area contributed by atoms with Crippen LogP contribution in [0.25, 0.3) is 6.08 Å². The number of thioether (sulfide) groups is 1. The van der Waals surface area contributed by atoms with Gasteiger partial charge in [-0.3, -0.25) is 19.3 Å². The molecule has 8 nitrogen and oxygen atoms in total. The van der Waals surface area contributed by atoms with Gasteiger partial charge in [0.25, 0.3) is 17.1 Å². The highest BCUT2D eigenvalue weighted by molar-refractivity contribution is 14.1. The molecule has 3 amide bonds. The van der Waals surface area contributed by atoms with E-state index in [-0.39, 0.29) is 42.7 Å². The number of anilines is 1. The molecule has 0 saturated carbocycles. The number of carbonyl (C=O) groups excluding carboxylic acids is 3. The molecule has 0 aromatic heterocycles. The number of methoxy groups -OCH3 is 1. The minimum absolute atomic E-state index is 0.137. The third kappa shape index (κ3) is 8.24. The van der Waals surface area contributed by atoms with E-state index >= 15 is 0 Å². The zero-order valence-electron chi connectivity index (χ0n) is 24.5. The molecular formula is C32H32ClIN2O6S. The van der Waals surface area contributed by atoms with E-state index in [1.54, 1.807) is 30.3 Å². The summed E-state index contributed by atoms with van der Waals surface area (Å²) in [5, 5.41) is 2.96. The summed E-state index contributed by atoms with van der Waals surface area (Å²) in [5.41, 5.74) is 4.28. The maximum Gasteiger partial charge on any atom is 0.293 e. The molecule has 4 rings (SSSR count). The molecule has 11 heteroatoms. The molecule has 1 aliphatic heterocycles. The van der Waals surface area contributed by atoms with Crippen LogP contribution in [0.5, 0.6) is 17.2 Å². The molecule has 3 aromatic carbocycles. The van der Waals surface area contributed by atoms with Crippen molar-refractivity contribution in [3.05, 3.63) is 84.3 Å². The lowest BCUT2D eigenvalue weighted by molar-refractivity contribution is -0.123. The van der Waals surface area contributed by atoms with Gasteiger partial charge in [0.15, 0.2) is 18.1 Å². The summed E-state index contributed by atoms with van der Waals surface area (Å²) in [6, 6.07) is 14.8. The quantitative estimate of drug-likeness (QED) is 0.159. The lowest BCUT2D eigenvalue weighted by Crippen LogP contribution is -2.32. The van der Waals surface area contributed by atoms with Crippen LogP contribution in [0.1, 0.15) is 42.0 Å². The maximum absolute atomic E-state index is 13.1. The van der Waals surface area contributed by atoms with Gasteiger partial charge in [-0.1, -0.05) is 43.6 Å². The zero-order chi connectivity index (χ0) is 31.3. The van der Waals surface area contributed by atoms with Crippen LogP contribution in [0.4, 0.5) is 10.5 Å². The molecule has 1 saturated heterocycles. The average molecular weight is 735 g/mol. The Balaban J connectivity index is 1.40. The fourth-order valence-electron chi connectivity index (χ4n) is 4.30. The summed E-state index contributed by atoms with van der Waals surface area (Å²) in [6.45, 7) is 8.13. The second-order valence-electron chi connectivity index (χ2n) is 10.2. The smallest absolute Gasteiger partial charge is 0.293 e. The Hall–Kier alpha value is -3.22. The molecule has 1 fully saturated rings. The number of nitrogens with zero attached hydrogens (tertiary/aromatic N) is 1. The molecule has 0 aliphatic carbocycles. The van der Waals surface area contributed by atoms with E-state index in [0.29, 0.717) is 36.2 Å². The molecule has 43 heavy (non-hydrogen) atoms. The monoisotopic (exact) mass is 734 g/mol. The first-order chi connectivity index (χ1) is 20.5. The molecule has 1 heterocycles. The van der Waals surface area contributed by atoms with Crippen molar-refractivity contribution in [2.24, 2.45) is 0 Å². The third-order valence-corrected chi connectivity index (χ3v) is 8.71. The molecule has 0 atom stereocenters. The SMILES string of the molecule is COc1cc(/C=C2\SC(=O)N(CCOc3cc(C)ccc3C(C)C)C2=O)cc(I)c1OCC(=O)Nc1ccc(C)c(Cl)c1. The van der Waals surface area contributed by atoms with Gasteiger partial charge in [0.2, 0.25) is 0 Å². The number of hydrogen-bond acceptors (Lipinski definition) is 7. The second kappa shape index (κ2) is 14.5. The fraction of sp³-hybridized carbons (Fsp3) is 0.281. The van der Waals surface area contributed by atoms with Gasteiger partial charge in [0.1, 0.15) is 12.4 Å². The number of ether oxygens (including phenoxy) is 3. The van der Waals surface area contributed by atoms with Crippen molar-refractivity contribution >= 4 is 74.8 Å². The van der Waals surface area contributed by atoms with E-state index < -0.39 is 0 Å². The average Bonchev–Trinajstić information content (AvgIpc) is 3.21. The number of aryl methyl sites for hydroxylation is 2. The third-order valence-electron chi connectivity index (χ3n) is 6.59. The summed E-state index contributed by atoms with van der Waals surface area (Å²) < 4.78 is 18.0. The van der Waals surface area contributed by atoms with Crippen LogP contribution in [0.15, 0.2) is 53.4 Å². The number of imide groups is 1. The predicted octanol–water partition coefficient (Wildman–Crippen LogP) is 7.83. The normalized spacial score (nSPS) is 14.0. The fourth-order valence-corrected chi connectivity index (χ4v) is 6.13. The lowest BCUT2D eigenvalue weighted by Gasteiger charge is -2.17. The van der Waals surface area contributed by atoms with Gasteiger partial charge in [-0.15, -0.1) is 0 Å². The molecule has 226 valence electrons. The minimum Gasteiger partial charge on any atom is -0.493 e. The van der Waals surface area contributed by atoms with E-state index in [9.17, 15) is 14.4 Å². The van der Waals surface area contributed by atoms with Crippen molar-refractivity contribution in [2.75, 3.05) is 32.2 Å². The highest BCUT2D eigenvalue weighted by Gasteiger charge is 2.35. The van der Waals surface area contributed by atoms with Gasteiger partial charge >= 0.3 is 0 Å². The van der Waals surface area contributed by atoms with Crippen molar-refractivity contribution in [1.82, 2.24) is 4.90 Å². The van der Waals surface area contributed by atoms with Crippen LogP contribution in [-0.2, 0) is 9.59 Å². The van der Waals surface area contributed by atoms with E-state index in [1.165, 1.54) is 12.0 Å². The number of rotatable bonds is 11. The number of amides is 3. The highest BCUT2D eigenvalue weighted by atomic mass is 127. The molecule has 0 radical (unpaired) electrons. The second-order valence-corrected chi connectivity index (χ2v) is 12.8. The Morgan fingerprint density at radius 2 is 1.84 bits per heavy atom. The van der Waals surface area contributed by atoms with Crippen LogP contribution in [0.3, 0.4) is 0 Å². The first-order valence-electron chi connectivity index (χ1n) is 13.5. The van der Waals surface area contributed by atoms with Crippen LogP contribution < -0.4 is 19.5 Å². The Bertz CT molecular complexity index is 1590.